The molecule has 1 atom stereocenters. The maximum atomic E-state index is 13.1. The van der Waals surface area contributed by atoms with Gasteiger partial charge in [-0.1, -0.05) is 48.8 Å². The van der Waals surface area contributed by atoms with Gasteiger partial charge < -0.3 is 9.84 Å². The zero-order valence-corrected chi connectivity index (χ0v) is 18.1. The van der Waals surface area contributed by atoms with E-state index in [0.717, 1.165) is 31.2 Å². The van der Waals surface area contributed by atoms with Crippen molar-refractivity contribution in [3.05, 3.63) is 66.4 Å². The zero-order chi connectivity index (χ0) is 21.8. The first-order chi connectivity index (χ1) is 15.0. The standard InChI is InChI=1S/C23H25N3O4S/c1-2-19-10-6-7-15-26(19)31(28,29)20-13-11-18(12-14-20)24-23(27)21-16-22(30-25-21)17-8-4-3-5-9-17/h3-5,8-9,11-14,16,19H,2,6-7,10,15H2,1H3,(H,24,27)/t19-/m0/s1. The summed E-state index contributed by atoms with van der Waals surface area (Å²) >= 11 is 0. The van der Waals surface area contributed by atoms with Crippen LogP contribution in [0, 0.1) is 0 Å². The lowest BCUT2D eigenvalue weighted by Crippen LogP contribution is -2.43. The number of rotatable bonds is 6. The smallest absolute Gasteiger partial charge is 0.277 e. The Balaban J connectivity index is 1.46. The summed E-state index contributed by atoms with van der Waals surface area (Å²) < 4.78 is 33.0. The predicted octanol–water partition coefficient (Wildman–Crippen LogP) is 4.55. The second kappa shape index (κ2) is 9.03. The molecule has 1 aromatic heterocycles. The highest BCUT2D eigenvalue weighted by molar-refractivity contribution is 7.89. The molecule has 0 aliphatic carbocycles. The van der Waals surface area contributed by atoms with Gasteiger partial charge in [0.2, 0.25) is 10.0 Å². The number of benzene rings is 2. The van der Waals surface area contributed by atoms with Gasteiger partial charge in [0.15, 0.2) is 11.5 Å². The van der Waals surface area contributed by atoms with Gasteiger partial charge in [-0.2, -0.15) is 4.31 Å². The van der Waals surface area contributed by atoms with Crippen LogP contribution < -0.4 is 5.32 Å². The normalized spacial score (nSPS) is 17.4. The van der Waals surface area contributed by atoms with Crippen LogP contribution in [0.3, 0.4) is 0 Å². The number of hydrogen-bond donors (Lipinski definition) is 1. The molecule has 1 N–H and O–H groups in total. The summed E-state index contributed by atoms with van der Waals surface area (Å²) in [5.74, 6) is 0.0721. The van der Waals surface area contributed by atoms with Crippen molar-refractivity contribution in [1.29, 1.82) is 0 Å². The quantitative estimate of drug-likeness (QED) is 0.608. The number of nitrogens with zero attached hydrogens (tertiary/aromatic N) is 2. The molecule has 0 bridgehead atoms. The molecular formula is C23H25N3O4S. The summed E-state index contributed by atoms with van der Waals surface area (Å²) in [6, 6.07) is 17.2. The molecular weight excluding hydrogens is 414 g/mol. The summed E-state index contributed by atoms with van der Waals surface area (Å²) in [4.78, 5) is 12.7. The minimum atomic E-state index is -3.55. The van der Waals surface area contributed by atoms with Crippen LogP contribution in [-0.4, -0.2) is 36.4 Å². The molecule has 2 heterocycles. The lowest BCUT2D eigenvalue weighted by molar-refractivity contribution is 0.101. The number of hydrogen-bond acceptors (Lipinski definition) is 5. The Labute approximate surface area is 182 Å². The van der Waals surface area contributed by atoms with Crippen molar-refractivity contribution in [2.75, 3.05) is 11.9 Å². The highest BCUT2D eigenvalue weighted by Gasteiger charge is 2.32. The zero-order valence-electron chi connectivity index (χ0n) is 17.3. The number of nitrogens with one attached hydrogen (secondary N) is 1. The number of aromatic nitrogens is 1. The highest BCUT2D eigenvalue weighted by atomic mass is 32.2. The van der Waals surface area contributed by atoms with Crippen molar-refractivity contribution in [3.63, 3.8) is 0 Å². The van der Waals surface area contributed by atoms with Crippen molar-refractivity contribution in [3.8, 4) is 11.3 Å². The van der Waals surface area contributed by atoms with E-state index in [2.05, 4.69) is 10.5 Å². The van der Waals surface area contributed by atoms with Crippen molar-refractivity contribution in [2.45, 2.75) is 43.5 Å². The maximum absolute atomic E-state index is 13.1. The van der Waals surface area contributed by atoms with Gasteiger partial charge in [-0.05, 0) is 43.5 Å². The van der Waals surface area contributed by atoms with Crippen LogP contribution in [0.1, 0.15) is 43.1 Å². The van der Waals surface area contributed by atoms with Gasteiger partial charge in [-0.15, -0.1) is 0 Å². The number of carbonyl (C=O) groups is 1. The topological polar surface area (TPSA) is 92.5 Å². The molecule has 4 rings (SSSR count). The molecule has 0 radical (unpaired) electrons. The molecule has 31 heavy (non-hydrogen) atoms. The fourth-order valence-corrected chi connectivity index (χ4v) is 5.63. The third-order valence-corrected chi connectivity index (χ3v) is 7.53. The van der Waals surface area contributed by atoms with Gasteiger partial charge in [0.05, 0.1) is 4.90 Å². The van der Waals surface area contributed by atoms with Crippen LogP contribution in [-0.2, 0) is 10.0 Å². The summed E-state index contributed by atoms with van der Waals surface area (Å²) in [5.41, 5.74) is 1.46. The Hall–Kier alpha value is -2.97. The van der Waals surface area contributed by atoms with Gasteiger partial charge in [-0.3, -0.25) is 4.79 Å². The van der Waals surface area contributed by atoms with E-state index in [1.165, 1.54) is 12.1 Å². The third kappa shape index (κ3) is 4.55. The van der Waals surface area contributed by atoms with Gasteiger partial charge >= 0.3 is 0 Å². The average molecular weight is 440 g/mol. The second-order valence-electron chi connectivity index (χ2n) is 7.59. The molecule has 0 unspecified atom stereocenters. The summed E-state index contributed by atoms with van der Waals surface area (Å²) in [5, 5.41) is 6.57. The van der Waals surface area contributed by atoms with Crippen LogP contribution in [0.25, 0.3) is 11.3 Å². The van der Waals surface area contributed by atoms with Crippen LogP contribution >= 0.6 is 0 Å². The molecule has 1 fully saturated rings. The van der Waals surface area contributed by atoms with Crippen LogP contribution in [0.2, 0.25) is 0 Å². The molecule has 162 valence electrons. The molecule has 0 saturated carbocycles. The molecule has 1 aliphatic rings. The molecule has 8 heteroatoms. The Kier molecular flexibility index (Phi) is 6.20. The van der Waals surface area contributed by atoms with E-state index in [1.54, 1.807) is 22.5 Å². The van der Waals surface area contributed by atoms with Crippen molar-refractivity contribution < 1.29 is 17.7 Å². The largest absolute Gasteiger partial charge is 0.355 e. The molecule has 7 nitrogen and oxygen atoms in total. The molecule has 3 aromatic rings. The Morgan fingerprint density at radius 3 is 2.58 bits per heavy atom. The second-order valence-corrected chi connectivity index (χ2v) is 9.49. The lowest BCUT2D eigenvalue weighted by Gasteiger charge is -2.34. The summed E-state index contributed by atoms with van der Waals surface area (Å²) in [6.07, 6.45) is 3.64. The number of piperidine rings is 1. The summed E-state index contributed by atoms with van der Waals surface area (Å²) in [6.45, 7) is 2.57. The third-order valence-electron chi connectivity index (χ3n) is 5.56. The number of amides is 1. The lowest BCUT2D eigenvalue weighted by atomic mass is 10.0. The van der Waals surface area contributed by atoms with Crippen molar-refractivity contribution >= 4 is 21.6 Å². The van der Waals surface area contributed by atoms with Gasteiger partial charge in [0.25, 0.3) is 5.91 Å². The first-order valence-electron chi connectivity index (χ1n) is 10.4. The van der Waals surface area contributed by atoms with E-state index in [9.17, 15) is 13.2 Å². The molecule has 0 spiro atoms. The van der Waals surface area contributed by atoms with E-state index < -0.39 is 15.9 Å². The average Bonchev–Trinajstić information content (AvgIpc) is 3.30. The van der Waals surface area contributed by atoms with Gasteiger partial charge in [-0.25, -0.2) is 8.42 Å². The Morgan fingerprint density at radius 1 is 1.13 bits per heavy atom. The number of sulfonamides is 1. The minimum Gasteiger partial charge on any atom is -0.355 e. The predicted molar refractivity (Wildman–Crippen MR) is 118 cm³/mol. The number of anilines is 1. The van der Waals surface area contributed by atoms with Gasteiger partial charge in [0, 0.05) is 29.9 Å². The minimum absolute atomic E-state index is 0.0455. The summed E-state index contributed by atoms with van der Waals surface area (Å²) in [7, 11) is -3.55. The maximum Gasteiger partial charge on any atom is 0.277 e. The van der Waals surface area contributed by atoms with E-state index in [0.29, 0.717) is 18.0 Å². The van der Waals surface area contributed by atoms with Gasteiger partial charge in [0.1, 0.15) is 0 Å². The SMILES string of the molecule is CC[C@H]1CCCCN1S(=O)(=O)c1ccc(NC(=O)c2cc(-c3ccccc3)on2)cc1. The Morgan fingerprint density at radius 2 is 1.87 bits per heavy atom. The molecule has 1 amide bonds. The van der Waals surface area contributed by atoms with E-state index in [-0.39, 0.29) is 16.6 Å². The fraction of sp³-hybridized carbons (Fsp3) is 0.304. The van der Waals surface area contributed by atoms with Crippen LogP contribution in [0.5, 0.6) is 0 Å². The van der Waals surface area contributed by atoms with Crippen LogP contribution in [0.15, 0.2) is 70.1 Å². The monoisotopic (exact) mass is 439 g/mol. The van der Waals surface area contributed by atoms with E-state index in [1.807, 2.05) is 37.3 Å². The number of carbonyl (C=O) groups excluding carboxylic acids is 1. The Bertz CT molecular complexity index is 1140. The van der Waals surface area contributed by atoms with Crippen molar-refractivity contribution in [2.24, 2.45) is 0 Å². The van der Waals surface area contributed by atoms with Crippen LogP contribution in [0.4, 0.5) is 5.69 Å². The molecule has 1 saturated heterocycles. The van der Waals surface area contributed by atoms with E-state index in [4.69, 9.17) is 4.52 Å². The molecule has 2 aromatic carbocycles. The van der Waals surface area contributed by atoms with Crippen molar-refractivity contribution in [1.82, 2.24) is 9.46 Å². The van der Waals surface area contributed by atoms with E-state index >= 15 is 0 Å². The fourth-order valence-electron chi connectivity index (χ4n) is 3.86. The first-order valence-corrected chi connectivity index (χ1v) is 11.9. The highest BCUT2D eigenvalue weighted by Crippen LogP contribution is 2.28. The first kappa shape index (κ1) is 21.3. The molecule has 1 aliphatic heterocycles.